The molecule has 1 saturated heterocycles. The van der Waals surface area contributed by atoms with Crippen LogP contribution in [0.5, 0.6) is 0 Å². The van der Waals surface area contributed by atoms with Crippen LogP contribution >= 0.6 is 11.6 Å². The highest BCUT2D eigenvalue weighted by molar-refractivity contribution is 6.29. The number of rotatable bonds is 3. The van der Waals surface area contributed by atoms with Crippen LogP contribution in [0.1, 0.15) is 0 Å². The Morgan fingerprint density at radius 2 is 1.77 bits per heavy atom. The van der Waals surface area contributed by atoms with E-state index in [1.54, 1.807) is 18.3 Å². The number of hydrogen-bond acceptors (Lipinski definition) is 6. The Hall–Kier alpha value is -2.41. The Bertz CT molecular complexity index is 688. The van der Waals surface area contributed by atoms with Gasteiger partial charge in [0.15, 0.2) is 0 Å². The van der Waals surface area contributed by atoms with Crippen molar-refractivity contribution < 1.29 is 4.92 Å². The minimum absolute atomic E-state index is 0.137. The molecule has 22 heavy (non-hydrogen) atoms. The standard InChI is InChI=1S/C14H14ClN5O2/c15-13-9-16-10-14(17-13)19-7-5-18(6-8-19)11-3-1-2-4-12(11)20(21)22/h1-4,9-10H,5-8H2. The van der Waals surface area contributed by atoms with Crippen LogP contribution in [0.3, 0.4) is 0 Å². The minimum Gasteiger partial charge on any atom is -0.362 e. The van der Waals surface area contributed by atoms with Gasteiger partial charge in [0, 0.05) is 32.2 Å². The number of nitro benzene ring substituents is 1. The molecule has 0 spiro atoms. The molecule has 1 aliphatic heterocycles. The van der Waals surface area contributed by atoms with Crippen molar-refractivity contribution in [3.63, 3.8) is 0 Å². The molecule has 0 radical (unpaired) electrons. The van der Waals surface area contributed by atoms with E-state index < -0.39 is 0 Å². The summed E-state index contributed by atoms with van der Waals surface area (Å²) in [6.07, 6.45) is 3.17. The molecule has 0 unspecified atom stereocenters. The predicted molar refractivity (Wildman–Crippen MR) is 84.6 cm³/mol. The van der Waals surface area contributed by atoms with Gasteiger partial charge in [0.05, 0.1) is 17.3 Å². The molecular weight excluding hydrogens is 306 g/mol. The van der Waals surface area contributed by atoms with Gasteiger partial charge in [-0.05, 0) is 6.07 Å². The quantitative estimate of drug-likeness (QED) is 0.638. The third kappa shape index (κ3) is 2.94. The van der Waals surface area contributed by atoms with Crippen molar-refractivity contribution in [3.05, 3.63) is 51.9 Å². The summed E-state index contributed by atoms with van der Waals surface area (Å²) in [7, 11) is 0. The molecule has 7 nitrogen and oxygen atoms in total. The van der Waals surface area contributed by atoms with Crippen LogP contribution in [0.25, 0.3) is 0 Å². The van der Waals surface area contributed by atoms with Crippen LogP contribution in [-0.4, -0.2) is 41.1 Å². The average molecular weight is 320 g/mol. The summed E-state index contributed by atoms with van der Waals surface area (Å²) in [6.45, 7) is 2.78. The Morgan fingerprint density at radius 3 is 2.45 bits per heavy atom. The number of nitrogens with zero attached hydrogens (tertiary/aromatic N) is 5. The number of nitro groups is 1. The summed E-state index contributed by atoms with van der Waals surface area (Å²) in [5.41, 5.74) is 0.794. The molecule has 2 aromatic rings. The van der Waals surface area contributed by atoms with Crippen molar-refractivity contribution in [2.24, 2.45) is 0 Å². The molecule has 0 saturated carbocycles. The van der Waals surface area contributed by atoms with E-state index in [1.807, 2.05) is 11.0 Å². The number of para-hydroxylation sites is 2. The highest BCUT2D eigenvalue weighted by atomic mass is 35.5. The molecule has 0 atom stereocenters. The molecule has 0 N–H and O–H groups in total. The fourth-order valence-electron chi connectivity index (χ4n) is 2.55. The zero-order valence-electron chi connectivity index (χ0n) is 11.7. The predicted octanol–water partition coefficient (Wildman–Crippen LogP) is 2.36. The summed E-state index contributed by atoms with van der Waals surface area (Å²) in [5.74, 6) is 0.731. The summed E-state index contributed by atoms with van der Waals surface area (Å²) < 4.78 is 0. The first kappa shape index (κ1) is 14.5. The number of benzene rings is 1. The van der Waals surface area contributed by atoms with Gasteiger partial charge < -0.3 is 9.80 Å². The van der Waals surface area contributed by atoms with Gasteiger partial charge in [0.2, 0.25) is 0 Å². The molecule has 1 aliphatic rings. The lowest BCUT2D eigenvalue weighted by atomic mass is 10.2. The van der Waals surface area contributed by atoms with Gasteiger partial charge in [-0.15, -0.1) is 0 Å². The Labute approximate surface area is 132 Å². The first-order chi connectivity index (χ1) is 10.6. The first-order valence-electron chi connectivity index (χ1n) is 6.86. The van der Waals surface area contributed by atoms with Crippen LogP contribution in [0.15, 0.2) is 36.7 Å². The number of hydrogen-bond donors (Lipinski definition) is 0. The summed E-state index contributed by atoms with van der Waals surface area (Å²) >= 11 is 5.86. The molecule has 114 valence electrons. The lowest BCUT2D eigenvalue weighted by molar-refractivity contribution is -0.384. The van der Waals surface area contributed by atoms with Gasteiger partial charge in [-0.3, -0.25) is 15.1 Å². The normalized spacial score (nSPS) is 15.0. The Morgan fingerprint density at radius 1 is 1.09 bits per heavy atom. The lowest BCUT2D eigenvalue weighted by Crippen LogP contribution is -2.47. The van der Waals surface area contributed by atoms with Crippen LogP contribution in [0, 0.1) is 10.1 Å². The van der Waals surface area contributed by atoms with Crippen molar-refractivity contribution in [2.45, 2.75) is 0 Å². The van der Waals surface area contributed by atoms with Crippen molar-refractivity contribution in [1.82, 2.24) is 9.97 Å². The van der Waals surface area contributed by atoms with Crippen LogP contribution in [-0.2, 0) is 0 Å². The van der Waals surface area contributed by atoms with E-state index >= 15 is 0 Å². The van der Waals surface area contributed by atoms with Gasteiger partial charge in [-0.25, -0.2) is 4.98 Å². The highest BCUT2D eigenvalue weighted by Crippen LogP contribution is 2.28. The van der Waals surface area contributed by atoms with Gasteiger partial charge in [0.1, 0.15) is 16.7 Å². The summed E-state index contributed by atoms with van der Waals surface area (Å²) in [5, 5.41) is 11.5. The van der Waals surface area contributed by atoms with Crippen molar-refractivity contribution in [1.29, 1.82) is 0 Å². The second-order valence-corrected chi connectivity index (χ2v) is 5.31. The fraction of sp³-hybridized carbons (Fsp3) is 0.286. The zero-order chi connectivity index (χ0) is 15.5. The second kappa shape index (κ2) is 6.15. The van der Waals surface area contributed by atoms with Crippen molar-refractivity contribution in [2.75, 3.05) is 36.0 Å². The smallest absolute Gasteiger partial charge is 0.292 e. The molecule has 1 aromatic carbocycles. The monoisotopic (exact) mass is 319 g/mol. The van der Waals surface area contributed by atoms with E-state index in [4.69, 9.17) is 11.6 Å². The first-order valence-corrected chi connectivity index (χ1v) is 7.24. The van der Waals surface area contributed by atoms with E-state index in [1.165, 1.54) is 12.3 Å². The van der Waals surface area contributed by atoms with E-state index in [9.17, 15) is 10.1 Å². The van der Waals surface area contributed by atoms with E-state index in [-0.39, 0.29) is 10.6 Å². The molecule has 3 rings (SSSR count). The van der Waals surface area contributed by atoms with Gasteiger partial charge in [-0.2, -0.15) is 0 Å². The minimum atomic E-state index is -0.343. The third-order valence-electron chi connectivity index (χ3n) is 3.62. The molecule has 2 heterocycles. The molecule has 0 amide bonds. The van der Waals surface area contributed by atoms with Crippen LogP contribution in [0.2, 0.25) is 5.15 Å². The molecule has 0 aliphatic carbocycles. The van der Waals surface area contributed by atoms with E-state index in [0.717, 1.165) is 5.82 Å². The number of anilines is 2. The van der Waals surface area contributed by atoms with Gasteiger partial charge in [0.25, 0.3) is 5.69 Å². The van der Waals surface area contributed by atoms with Crippen molar-refractivity contribution in [3.8, 4) is 0 Å². The van der Waals surface area contributed by atoms with Crippen LogP contribution in [0.4, 0.5) is 17.2 Å². The fourth-order valence-corrected chi connectivity index (χ4v) is 2.69. The van der Waals surface area contributed by atoms with E-state index in [2.05, 4.69) is 14.9 Å². The summed E-state index contributed by atoms with van der Waals surface area (Å²) in [6, 6.07) is 6.81. The summed E-state index contributed by atoms with van der Waals surface area (Å²) in [4.78, 5) is 23.2. The molecule has 0 bridgehead atoms. The maximum atomic E-state index is 11.1. The largest absolute Gasteiger partial charge is 0.362 e. The van der Waals surface area contributed by atoms with Crippen molar-refractivity contribution >= 4 is 28.8 Å². The van der Waals surface area contributed by atoms with Gasteiger partial charge in [-0.1, -0.05) is 23.7 Å². The lowest BCUT2D eigenvalue weighted by Gasteiger charge is -2.36. The van der Waals surface area contributed by atoms with E-state index in [0.29, 0.717) is 37.0 Å². The molecule has 1 aromatic heterocycles. The van der Waals surface area contributed by atoms with Crippen LogP contribution < -0.4 is 9.80 Å². The SMILES string of the molecule is O=[N+]([O-])c1ccccc1N1CCN(c2cncc(Cl)n2)CC1. The molecular formula is C14H14ClN5O2. The Kier molecular flexibility index (Phi) is 4.06. The topological polar surface area (TPSA) is 75.4 Å². The number of aromatic nitrogens is 2. The van der Waals surface area contributed by atoms with Gasteiger partial charge >= 0.3 is 0 Å². The number of halogens is 1. The Balaban J connectivity index is 1.73. The second-order valence-electron chi connectivity index (χ2n) is 4.92. The average Bonchev–Trinajstić information content (AvgIpc) is 2.55. The number of piperazine rings is 1. The maximum absolute atomic E-state index is 11.1. The molecule has 1 fully saturated rings. The highest BCUT2D eigenvalue weighted by Gasteiger charge is 2.23. The molecule has 8 heteroatoms. The zero-order valence-corrected chi connectivity index (χ0v) is 12.5. The maximum Gasteiger partial charge on any atom is 0.292 e. The third-order valence-corrected chi connectivity index (χ3v) is 3.80.